The number of hydrogen-bond donors (Lipinski definition) is 0. The standard InChI is InChI=1S/C15H22ClN/c1-15(2,3)13-8-9-17(11-13)10-12-4-6-14(16)7-5-12/h4-7,13H,8-11H2,1-3H3. The van der Waals surface area contributed by atoms with Gasteiger partial charge >= 0.3 is 0 Å². The maximum absolute atomic E-state index is 5.90. The van der Waals surface area contributed by atoms with Crippen molar-refractivity contribution >= 4 is 11.6 Å². The van der Waals surface area contributed by atoms with Gasteiger partial charge in [0.05, 0.1) is 0 Å². The molecule has 1 aromatic carbocycles. The van der Waals surface area contributed by atoms with Gasteiger partial charge in [0.1, 0.15) is 0 Å². The van der Waals surface area contributed by atoms with E-state index in [4.69, 9.17) is 11.6 Å². The summed E-state index contributed by atoms with van der Waals surface area (Å²) in [6, 6.07) is 8.22. The predicted octanol–water partition coefficient (Wildman–Crippen LogP) is 4.21. The summed E-state index contributed by atoms with van der Waals surface area (Å²) in [7, 11) is 0. The average molecular weight is 252 g/mol. The van der Waals surface area contributed by atoms with E-state index in [2.05, 4.69) is 37.8 Å². The fourth-order valence-corrected chi connectivity index (χ4v) is 2.66. The molecule has 0 saturated carbocycles. The molecule has 1 aliphatic rings. The summed E-state index contributed by atoms with van der Waals surface area (Å²) < 4.78 is 0. The van der Waals surface area contributed by atoms with E-state index in [-0.39, 0.29) is 0 Å². The molecule has 1 atom stereocenters. The minimum atomic E-state index is 0.439. The van der Waals surface area contributed by atoms with Crippen LogP contribution in [0, 0.1) is 11.3 Å². The second-order valence-corrected chi connectivity index (χ2v) is 6.65. The molecule has 1 aliphatic heterocycles. The van der Waals surface area contributed by atoms with Crippen LogP contribution in [0.25, 0.3) is 0 Å². The maximum atomic E-state index is 5.90. The Balaban J connectivity index is 1.92. The fourth-order valence-electron chi connectivity index (χ4n) is 2.53. The lowest BCUT2D eigenvalue weighted by atomic mass is 9.80. The van der Waals surface area contributed by atoms with Gasteiger partial charge in [0.25, 0.3) is 0 Å². The fraction of sp³-hybridized carbons (Fsp3) is 0.600. The van der Waals surface area contributed by atoms with E-state index in [1.54, 1.807) is 0 Å². The molecule has 0 aliphatic carbocycles. The van der Waals surface area contributed by atoms with Crippen molar-refractivity contribution in [1.29, 1.82) is 0 Å². The lowest BCUT2D eigenvalue weighted by Crippen LogP contribution is -2.25. The highest BCUT2D eigenvalue weighted by Crippen LogP contribution is 2.34. The van der Waals surface area contributed by atoms with E-state index < -0.39 is 0 Å². The zero-order valence-corrected chi connectivity index (χ0v) is 11.8. The molecule has 0 amide bonds. The molecule has 2 rings (SSSR count). The summed E-state index contributed by atoms with van der Waals surface area (Å²) in [5.74, 6) is 0.829. The Labute approximate surface area is 110 Å². The molecule has 0 bridgehead atoms. The topological polar surface area (TPSA) is 3.24 Å². The van der Waals surface area contributed by atoms with Crippen LogP contribution in [0.3, 0.4) is 0 Å². The summed E-state index contributed by atoms with van der Waals surface area (Å²) in [6.45, 7) is 10.6. The van der Waals surface area contributed by atoms with Gasteiger partial charge in [-0.15, -0.1) is 0 Å². The van der Waals surface area contributed by atoms with Crippen molar-refractivity contribution in [3.8, 4) is 0 Å². The molecular weight excluding hydrogens is 230 g/mol. The van der Waals surface area contributed by atoms with Crippen LogP contribution in [-0.4, -0.2) is 18.0 Å². The van der Waals surface area contributed by atoms with Crippen LogP contribution >= 0.6 is 11.6 Å². The van der Waals surface area contributed by atoms with Crippen molar-refractivity contribution in [1.82, 2.24) is 4.90 Å². The Bertz CT molecular complexity index is 364. The normalized spacial score (nSPS) is 22.0. The van der Waals surface area contributed by atoms with Crippen molar-refractivity contribution in [2.45, 2.75) is 33.7 Å². The first kappa shape index (κ1) is 12.9. The number of nitrogens with zero attached hydrogens (tertiary/aromatic N) is 1. The third kappa shape index (κ3) is 3.46. The molecule has 2 heteroatoms. The summed E-state index contributed by atoms with van der Waals surface area (Å²) in [4.78, 5) is 2.55. The Morgan fingerprint density at radius 1 is 1.24 bits per heavy atom. The highest BCUT2D eigenvalue weighted by atomic mass is 35.5. The van der Waals surface area contributed by atoms with Crippen LogP contribution < -0.4 is 0 Å². The number of hydrogen-bond acceptors (Lipinski definition) is 1. The number of benzene rings is 1. The Morgan fingerprint density at radius 3 is 2.41 bits per heavy atom. The van der Waals surface area contributed by atoms with Gasteiger partial charge in [-0.25, -0.2) is 0 Å². The monoisotopic (exact) mass is 251 g/mol. The summed E-state index contributed by atoms with van der Waals surface area (Å²) in [5.41, 5.74) is 1.80. The van der Waals surface area contributed by atoms with E-state index in [0.29, 0.717) is 5.41 Å². The summed E-state index contributed by atoms with van der Waals surface area (Å²) >= 11 is 5.90. The largest absolute Gasteiger partial charge is 0.299 e. The van der Waals surface area contributed by atoms with Crippen LogP contribution in [0.15, 0.2) is 24.3 Å². The van der Waals surface area contributed by atoms with Crippen molar-refractivity contribution in [2.75, 3.05) is 13.1 Å². The maximum Gasteiger partial charge on any atom is 0.0406 e. The smallest absolute Gasteiger partial charge is 0.0406 e. The summed E-state index contributed by atoms with van der Waals surface area (Å²) in [6.07, 6.45) is 1.33. The van der Waals surface area contributed by atoms with Gasteiger partial charge < -0.3 is 0 Å². The van der Waals surface area contributed by atoms with Crippen molar-refractivity contribution < 1.29 is 0 Å². The van der Waals surface area contributed by atoms with Crippen LogP contribution in [0.4, 0.5) is 0 Å². The minimum absolute atomic E-state index is 0.439. The van der Waals surface area contributed by atoms with Gasteiger partial charge in [0.15, 0.2) is 0 Å². The molecule has 1 heterocycles. The van der Waals surface area contributed by atoms with Gasteiger partial charge in [0.2, 0.25) is 0 Å². The first-order valence-corrected chi connectivity index (χ1v) is 6.80. The molecule has 1 nitrogen and oxygen atoms in total. The molecule has 0 N–H and O–H groups in total. The SMILES string of the molecule is CC(C)(C)C1CCN(Cc2ccc(Cl)cc2)C1. The van der Waals surface area contributed by atoms with E-state index in [1.807, 2.05) is 12.1 Å². The zero-order valence-electron chi connectivity index (χ0n) is 11.0. The van der Waals surface area contributed by atoms with E-state index in [1.165, 1.54) is 25.1 Å². The number of likely N-dealkylation sites (tertiary alicyclic amines) is 1. The lowest BCUT2D eigenvalue weighted by Gasteiger charge is -2.27. The van der Waals surface area contributed by atoms with Gasteiger partial charge in [-0.05, 0) is 42.0 Å². The van der Waals surface area contributed by atoms with Crippen LogP contribution in [-0.2, 0) is 6.54 Å². The van der Waals surface area contributed by atoms with Gasteiger partial charge in [0, 0.05) is 18.1 Å². The Morgan fingerprint density at radius 2 is 1.88 bits per heavy atom. The Kier molecular flexibility index (Phi) is 3.79. The third-order valence-electron chi connectivity index (χ3n) is 3.82. The molecule has 1 unspecified atom stereocenters. The van der Waals surface area contributed by atoms with Gasteiger partial charge in [-0.3, -0.25) is 4.90 Å². The molecule has 94 valence electrons. The second kappa shape index (κ2) is 4.99. The van der Waals surface area contributed by atoms with E-state index in [9.17, 15) is 0 Å². The minimum Gasteiger partial charge on any atom is -0.299 e. The molecule has 1 fully saturated rings. The Hall–Kier alpha value is -0.530. The third-order valence-corrected chi connectivity index (χ3v) is 4.07. The molecule has 17 heavy (non-hydrogen) atoms. The van der Waals surface area contributed by atoms with E-state index >= 15 is 0 Å². The predicted molar refractivity (Wildman–Crippen MR) is 74.3 cm³/mol. The molecule has 1 aromatic rings. The second-order valence-electron chi connectivity index (χ2n) is 6.21. The van der Waals surface area contributed by atoms with Crippen molar-refractivity contribution in [3.63, 3.8) is 0 Å². The quantitative estimate of drug-likeness (QED) is 0.761. The molecule has 0 aromatic heterocycles. The molecule has 0 spiro atoms. The molecule has 0 radical (unpaired) electrons. The van der Waals surface area contributed by atoms with Gasteiger partial charge in [-0.1, -0.05) is 44.5 Å². The van der Waals surface area contributed by atoms with Crippen LogP contribution in [0.1, 0.15) is 32.8 Å². The van der Waals surface area contributed by atoms with Crippen molar-refractivity contribution in [3.05, 3.63) is 34.9 Å². The number of rotatable bonds is 2. The van der Waals surface area contributed by atoms with E-state index in [0.717, 1.165) is 17.5 Å². The average Bonchev–Trinajstić information content (AvgIpc) is 2.69. The highest BCUT2D eigenvalue weighted by molar-refractivity contribution is 6.30. The first-order chi connectivity index (χ1) is 7.95. The van der Waals surface area contributed by atoms with Crippen LogP contribution in [0.2, 0.25) is 5.02 Å². The molecular formula is C15H22ClN. The zero-order chi connectivity index (χ0) is 12.5. The van der Waals surface area contributed by atoms with Crippen molar-refractivity contribution in [2.24, 2.45) is 11.3 Å². The lowest BCUT2D eigenvalue weighted by molar-refractivity contribution is 0.226. The highest BCUT2D eigenvalue weighted by Gasteiger charge is 2.31. The first-order valence-electron chi connectivity index (χ1n) is 6.42. The summed E-state index contributed by atoms with van der Waals surface area (Å²) in [5, 5.41) is 0.822. The van der Waals surface area contributed by atoms with Gasteiger partial charge in [-0.2, -0.15) is 0 Å². The number of halogens is 1. The van der Waals surface area contributed by atoms with Crippen LogP contribution in [0.5, 0.6) is 0 Å². The molecule has 1 saturated heterocycles.